The molecule has 2 aromatic heterocycles. The maximum atomic E-state index is 6.05. The van der Waals surface area contributed by atoms with E-state index >= 15 is 0 Å². The molecule has 1 aliphatic heterocycles. The van der Waals surface area contributed by atoms with Crippen molar-refractivity contribution < 1.29 is 9.31 Å². The van der Waals surface area contributed by atoms with Crippen LogP contribution in [0.2, 0.25) is 0 Å². The van der Waals surface area contributed by atoms with E-state index in [9.17, 15) is 0 Å². The van der Waals surface area contributed by atoms with Crippen LogP contribution in [-0.2, 0) is 9.31 Å². The number of hydrogen-bond donors (Lipinski definition) is 0. The van der Waals surface area contributed by atoms with Crippen molar-refractivity contribution in [3.8, 4) is 0 Å². The molecule has 1 fully saturated rings. The van der Waals surface area contributed by atoms with Crippen molar-refractivity contribution in [1.29, 1.82) is 0 Å². The average molecular weight is 244 g/mol. The van der Waals surface area contributed by atoms with Crippen molar-refractivity contribution in [2.75, 3.05) is 0 Å². The Morgan fingerprint density at radius 2 is 1.78 bits per heavy atom. The molecule has 94 valence electrons. The molecule has 0 atom stereocenters. The average Bonchev–Trinajstić information content (AvgIpc) is 2.81. The van der Waals surface area contributed by atoms with Crippen molar-refractivity contribution in [2.24, 2.45) is 0 Å². The summed E-state index contributed by atoms with van der Waals surface area (Å²) < 4.78 is 14.1. The van der Waals surface area contributed by atoms with Gasteiger partial charge in [0.2, 0.25) is 0 Å². The summed E-state index contributed by atoms with van der Waals surface area (Å²) in [4.78, 5) is 4.36. The number of nitrogens with zero attached hydrogens (tertiary/aromatic N) is 2. The highest BCUT2D eigenvalue weighted by Gasteiger charge is 2.52. The second kappa shape index (κ2) is 3.59. The normalized spacial score (nSPS) is 21.7. The van der Waals surface area contributed by atoms with Crippen LogP contribution < -0.4 is 5.46 Å². The summed E-state index contributed by atoms with van der Waals surface area (Å²) in [6, 6.07) is 3.99. The maximum Gasteiger partial charge on any atom is 0.498 e. The van der Waals surface area contributed by atoms with E-state index in [2.05, 4.69) is 32.7 Å². The smallest absolute Gasteiger partial charge is 0.399 e. The maximum absolute atomic E-state index is 6.05. The topological polar surface area (TPSA) is 35.8 Å². The van der Waals surface area contributed by atoms with E-state index in [1.807, 2.05) is 28.9 Å². The largest absolute Gasteiger partial charge is 0.498 e. The van der Waals surface area contributed by atoms with Crippen LogP contribution in [0, 0.1) is 0 Å². The molecule has 3 rings (SSSR count). The van der Waals surface area contributed by atoms with E-state index in [1.165, 1.54) is 0 Å². The van der Waals surface area contributed by atoms with Crippen molar-refractivity contribution >= 4 is 18.2 Å². The minimum Gasteiger partial charge on any atom is -0.399 e. The molecule has 0 aromatic carbocycles. The predicted octanol–water partition coefficient (Wildman–Crippen LogP) is 1.63. The SMILES string of the molecule is CC1(C)OB(c2cccn3ccnc23)OC1(C)C. The zero-order valence-corrected chi connectivity index (χ0v) is 11.2. The van der Waals surface area contributed by atoms with Crippen LogP contribution >= 0.6 is 0 Å². The van der Waals surface area contributed by atoms with E-state index in [4.69, 9.17) is 9.31 Å². The Morgan fingerprint density at radius 1 is 1.11 bits per heavy atom. The van der Waals surface area contributed by atoms with Gasteiger partial charge in [-0.05, 0) is 33.8 Å². The lowest BCUT2D eigenvalue weighted by molar-refractivity contribution is 0.00578. The molecule has 0 N–H and O–H groups in total. The third-order valence-corrected chi connectivity index (χ3v) is 3.96. The molecule has 0 aliphatic carbocycles. The molecule has 1 saturated heterocycles. The Morgan fingerprint density at radius 3 is 2.44 bits per heavy atom. The molecular formula is C13H17BN2O2. The Hall–Kier alpha value is -1.33. The lowest BCUT2D eigenvalue weighted by Crippen LogP contribution is -2.41. The Labute approximate surface area is 107 Å². The van der Waals surface area contributed by atoms with Gasteiger partial charge in [-0.1, -0.05) is 6.07 Å². The fourth-order valence-corrected chi connectivity index (χ4v) is 2.12. The Balaban J connectivity index is 2.05. The van der Waals surface area contributed by atoms with Crippen LogP contribution in [-0.4, -0.2) is 27.7 Å². The molecule has 3 heterocycles. The Kier molecular flexibility index (Phi) is 2.34. The number of aromatic nitrogens is 2. The van der Waals surface area contributed by atoms with Gasteiger partial charge in [0.15, 0.2) is 0 Å². The first-order valence-corrected chi connectivity index (χ1v) is 6.18. The van der Waals surface area contributed by atoms with Gasteiger partial charge in [-0.2, -0.15) is 0 Å². The molecule has 1 aliphatic rings. The Bertz CT molecular complexity index is 575. The summed E-state index contributed by atoms with van der Waals surface area (Å²) >= 11 is 0. The standard InChI is InChI=1S/C13H17BN2O2/c1-12(2)13(3,4)18-14(17-12)10-6-5-8-16-9-7-15-11(10)16/h5-9H,1-4H3. The second-order valence-electron chi connectivity index (χ2n) is 5.71. The van der Waals surface area contributed by atoms with Crippen molar-refractivity contribution in [1.82, 2.24) is 9.38 Å². The van der Waals surface area contributed by atoms with Crippen LogP contribution in [0.5, 0.6) is 0 Å². The zero-order chi connectivity index (χ0) is 13.0. The van der Waals surface area contributed by atoms with E-state index < -0.39 is 0 Å². The molecule has 0 bridgehead atoms. The van der Waals surface area contributed by atoms with Crippen LogP contribution in [0.4, 0.5) is 0 Å². The van der Waals surface area contributed by atoms with Crippen LogP contribution in [0.25, 0.3) is 5.65 Å². The molecule has 18 heavy (non-hydrogen) atoms. The van der Waals surface area contributed by atoms with Gasteiger partial charge < -0.3 is 13.7 Å². The lowest BCUT2D eigenvalue weighted by Gasteiger charge is -2.32. The summed E-state index contributed by atoms with van der Waals surface area (Å²) in [7, 11) is -0.360. The minimum atomic E-state index is -0.360. The molecule has 4 nitrogen and oxygen atoms in total. The number of hydrogen-bond acceptors (Lipinski definition) is 3. The molecule has 5 heteroatoms. The fraction of sp³-hybridized carbons (Fsp3) is 0.462. The zero-order valence-electron chi connectivity index (χ0n) is 11.2. The van der Waals surface area contributed by atoms with Gasteiger partial charge in [0.05, 0.1) is 11.2 Å². The lowest BCUT2D eigenvalue weighted by atomic mass is 9.80. The first-order chi connectivity index (χ1) is 8.41. The fourth-order valence-electron chi connectivity index (χ4n) is 2.12. The minimum absolute atomic E-state index is 0.322. The molecule has 0 amide bonds. The molecule has 0 spiro atoms. The van der Waals surface area contributed by atoms with E-state index in [1.54, 1.807) is 6.20 Å². The highest BCUT2D eigenvalue weighted by atomic mass is 16.7. The predicted molar refractivity (Wildman–Crippen MR) is 70.9 cm³/mol. The van der Waals surface area contributed by atoms with Crippen molar-refractivity contribution in [3.63, 3.8) is 0 Å². The van der Waals surface area contributed by atoms with E-state index in [0.717, 1.165) is 11.1 Å². The van der Waals surface area contributed by atoms with E-state index in [-0.39, 0.29) is 18.3 Å². The van der Waals surface area contributed by atoms with Gasteiger partial charge in [0.25, 0.3) is 0 Å². The van der Waals surface area contributed by atoms with Crippen LogP contribution in [0.1, 0.15) is 27.7 Å². The van der Waals surface area contributed by atoms with Gasteiger partial charge in [0.1, 0.15) is 5.65 Å². The molecule has 0 unspecified atom stereocenters. The number of fused-ring (bicyclic) bond motifs is 1. The molecule has 0 saturated carbocycles. The number of pyridine rings is 1. The highest BCUT2D eigenvalue weighted by molar-refractivity contribution is 6.64. The molecular weight excluding hydrogens is 227 g/mol. The summed E-state index contributed by atoms with van der Waals surface area (Å²) in [6.07, 6.45) is 5.67. The van der Waals surface area contributed by atoms with Gasteiger partial charge in [0, 0.05) is 24.1 Å². The first-order valence-electron chi connectivity index (χ1n) is 6.18. The van der Waals surface area contributed by atoms with Crippen molar-refractivity contribution in [2.45, 2.75) is 38.9 Å². The van der Waals surface area contributed by atoms with Gasteiger partial charge in [-0.25, -0.2) is 4.98 Å². The first kappa shape index (κ1) is 11.7. The molecule has 2 aromatic rings. The number of rotatable bonds is 1. The van der Waals surface area contributed by atoms with Gasteiger partial charge >= 0.3 is 7.12 Å². The quantitative estimate of drug-likeness (QED) is 0.715. The number of imidazole rings is 1. The monoisotopic (exact) mass is 244 g/mol. The highest BCUT2D eigenvalue weighted by Crippen LogP contribution is 2.36. The van der Waals surface area contributed by atoms with Gasteiger partial charge in [-0.3, -0.25) is 0 Å². The van der Waals surface area contributed by atoms with Crippen molar-refractivity contribution in [3.05, 3.63) is 30.7 Å². The van der Waals surface area contributed by atoms with Crippen LogP contribution in [0.15, 0.2) is 30.7 Å². The van der Waals surface area contributed by atoms with Gasteiger partial charge in [-0.15, -0.1) is 0 Å². The second-order valence-corrected chi connectivity index (χ2v) is 5.71. The third kappa shape index (κ3) is 1.58. The summed E-state index contributed by atoms with van der Waals surface area (Å²) in [5, 5.41) is 0. The van der Waals surface area contributed by atoms with Crippen LogP contribution in [0.3, 0.4) is 0 Å². The summed E-state index contributed by atoms with van der Waals surface area (Å²) in [6.45, 7) is 8.22. The van der Waals surface area contributed by atoms with E-state index in [0.29, 0.717) is 0 Å². The summed E-state index contributed by atoms with van der Waals surface area (Å²) in [5.74, 6) is 0. The molecule has 0 radical (unpaired) electrons. The summed E-state index contributed by atoms with van der Waals surface area (Å²) in [5.41, 5.74) is 1.21. The third-order valence-electron chi connectivity index (χ3n) is 3.96.